The van der Waals surface area contributed by atoms with Gasteiger partial charge in [0, 0.05) is 24.7 Å². The number of sulfonamides is 1. The molecule has 166 valence electrons. The van der Waals surface area contributed by atoms with Crippen molar-refractivity contribution in [2.75, 3.05) is 18.9 Å². The van der Waals surface area contributed by atoms with Gasteiger partial charge in [-0.25, -0.2) is 8.42 Å². The first-order valence-corrected chi connectivity index (χ1v) is 11.2. The monoisotopic (exact) mass is 453 g/mol. The highest BCUT2D eigenvalue weighted by atomic mass is 32.2. The largest absolute Gasteiger partial charge is 0.495 e. The molecule has 0 saturated heterocycles. The van der Waals surface area contributed by atoms with E-state index in [2.05, 4.69) is 15.4 Å². The molecule has 0 aliphatic heterocycles. The van der Waals surface area contributed by atoms with Crippen molar-refractivity contribution in [2.24, 2.45) is 0 Å². The molecule has 0 radical (unpaired) electrons. The van der Waals surface area contributed by atoms with Gasteiger partial charge in [0.1, 0.15) is 5.75 Å². The van der Waals surface area contributed by atoms with Crippen molar-refractivity contribution in [3.05, 3.63) is 89.5 Å². The van der Waals surface area contributed by atoms with E-state index in [1.165, 1.54) is 31.4 Å². The molecule has 0 atom stereocenters. The zero-order chi connectivity index (χ0) is 23.1. The van der Waals surface area contributed by atoms with Gasteiger partial charge in [-0.2, -0.15) is 0 Å². The number of ether oxygens (including phenoxy) is 1. The number of hydrogen-bond acceptors (Lipinski definition) is 5. The summed E-state index contributed by atoms with van der Waals surface area (Å²) in [5, 5.41) is 5.29. The van der Waals surface area contributed by atoms with Crippen LogP contribution in [0.15, 0.2) is 77.7 Å². The Morgan fingerprint density at radius 2 is 1.56 bits per heavy atom. The van der Waals surface area contributed by atoms with Gasteiger partial charge in [0.25, 0.3) is 21.8 Å². The van der Waals surface area contributed by atoms with Crippen LogP contribution in [0, 0.1) is 0 Å². The van der Waals surface area contributed by atoms with Gasteiger partial charge in [-0.3, -0.25) is 14.3 Å². The highest BCUT2D eigenvalue weighted by Gasteiger charge is 2.18. The molecule has 8 nitrogen and oxygen atoms in total. The van der Waals surface area contributed by atoms with Gasteiger partial charge in [0.05, 0.1) is 17.7 Å². The van der Waals surface area contributed by atoms with Crippen molar-refractivity contribution in [3.8, 4) is 5.75 Å². The number of nitrogens with one attached hydrogen (secondary N) is 3. The molecular formula is C23H23N3O5S. The molecule has 9 heteroatoms. The second kappa shape index (κ2) is 9.97. The molecule has 0 saturated carbocycles. The molecule has 0 unspecified atom stereocenters. The first kappa shape index (κ1) is 22.8. The van der Waals surface area contributed by atoms with Crippen LogP contribution in [-0.2, 0) is 16.6 Å². The number of methoxy groups -OCH3 is 1. The van der Waals surface area contributed by atoms with Crippen molar-refractivity contribution in [1.29, 1.82) is 0 Å². The van der Waals surface area contributed by atoms with Crippen molar-refractivity contribution >= 4 is 27.5 Å². The molecule has 3 aromatic rings. The molecule has 2 amide bonds. The number of carbonyl (C=O) groups is 2. The van der Waals surface area contributed by atoms with Gasteiger partial charge in [-0.1, -0.05) is 30.3 Å². The molecule has 3 rings (SSSR count). The lowest BCUT2D eigenvalue weighted by atomic mass is 10.1. The maximum atomic E-state index is 12.8. The summed E-state index contributed by atoms with van der Waals surface area (Å²) in [6.07, 6.45) is 0. The first-order valence-electron chi connectivity index (χ1n) is 9.69. The molecule has 0 aromatic heterocycles. The number of amides is 2. The van der Waals surface area contributed by atoms with Crippen LogP contribution in [0.3, 0.4) is 0 Å². The first-order chi connectivity index (χ1) is 15.3. The fourth-order valence-electron chi connectivity index (χ4n) is 2.99. The van der Waals surface area contributed by atoms with E-state index in [4.69, 9.17) is 4.74 Å². The quantitative estimate of drug-likeness (QED) is 0.485. The van der Waals surface area contributed by atoms with Crippen LogP contribution in [0.25, 0.3) is 0 Å². The second-order valence-electron chi connectivity index (χ2n) is 6.80. The summed E-state index contributed by atoms with van der Waals surface area (Å²) < 4.78 is 33.3. The second-order valence-corrected chi connectivity index (χ2v) is 8.48. The smallest absolute Gasteiger partial charge is 0.262 e. The summed E-state index contributed by atoms with van der Waals surface area (Å²) in [5.74, 6) is -0.285. The van der Waals surface area contributed by atoms with Gasteiger partial charge in [-0.15, -0.1) is 0 Å². The standard InChI is InChI=1S/C23H23N3O5S/c1-24-22(27)17-8-5-7-16(13-17)15-25-23(28)18-9-6-10-19(14-18)32(29,30)26-20-11-3-4-12-21(20)31-2/h3-14,26H,15H2,1-2H3,(H,24,27)(H,25,28). The Bertz CT molecular complexity index is 1240. The molecule has 3 N–H and O–H groups in total. The van der Waals surface area contributed by atoms with Crippen LogP contribution in [0.1, 0.15) is 26.3 Å². The van der Waals surface area contributed by atoms with Gasteiger partial charge in [0.15, 0.2) is 0 Å². The zero-order valence-corrected chi connectivity index (χ0v) is 18.4. The van der Waals surface area contributed by atoms with Crippen LogP contribution in [0.5, 0.6) is 5.75 Å². The normalized spacial score (nSPS) is 10.8. The lowest BCUT2D eigenvalue weighted by Crippen LogP contribution is -2.24. The fraction of sp³-hybridized carbons (Fsp3) is 0.130. The highest BCUT2D eigenvalue weighted by molar-refractivity contribution is 7.92. The minimum atomic E-state index is -3.94. The molecule has 3 aromatic carbocycles. The Balaban J connectivity index is 1.74. The van der Waals surface area contributed by atoms with Crippen molar-refractivity contribution in [3.63, 3.8) is 0 Å². The summed E-state index contributed by atoms with van der Waals surface area (Å²) in [6.45, 7) is 0.181. The van der Waals surface area contributed by atoms with Gasteiger partial charge in [-0.05, 0) is 48.0 Å². The average molecular weight is 454 g/mol. The summed E-state index contributed by atoms with van der Waals surface area (Å²) in [5.41, 5.74) is 1.70. The summed E-state index contributed by atoms with van der Waals surface area (Å²) in [4.78, 5) is 24.3. The summed E-state index contributed by atoms with van der Waals surface area (Å²) in [6, 6.07) is 19.2. The Labute approximate surface area is 186 Å². The lowest BCUT2D eigenvalue weighted by Gasteiger charge is -2.12. The Morgan fingerprint density at radius 3 is 2.28 bits per heavy atom. The Kier molecular flexibility index (Phi) is 7.11. The predicted molar refractivity (Wildman–Crippen MR) is 121 cm³/mol. The molecular weight excluding hydrogens is 430 g/mol. The molecule has 0 fully saturated rings. The third kappa shape index (κ3) is 5.44. The van der Waals surface area contributed by atoms with E-state index in [9.17, 15) is 18.0 Å². The maximum absolute atomic E-state index is 12.8. The topological polar surface area (TPSA) is 114 Å². The summed E-state index contributed by atoms with van der Waals surface area (Å²) >= 11 is 0. The van der Waals surface area contributed by atoms with E-state index in [-0.39, 0.29) is 22.9 Å². The lowest BCUT2D eigenvalue weighted by molar-refractivity contribution is 0.0948. The minimum Gasteiger partial charge on any atom is -0.495 e. The zero-order valence-electron chi connectivity index (χ0n) is 17.6. The van der Waals surface area contributed by atoms with Crippen LogP contribution in [0.4, 0.5) is 5.69 Å². The number of benzene rings is 3. The van der Waals surface area contributed by atoms with Crippen molar-refractivity contribution in [2.45, 2.75) is 11.4 Å². The van der Waals surface area contributed by atoms with E-state index in [1.54, 1.807) is 55.6 Å². The number of hydrogen-bond donors (Lipinski definition) is 3. The fourth-order valence-corrected chi connectivity index (χ4v) is 4.10. The number of carbonyl (C=O) groups excluding carboxylic acids is 2. The van der Waals surface area contributed by atoms with E-state index >= 15 is 0 Å². The van der Waals surface area contributed by atoms with Gasteiger partial charge < -0.3 is 15.4 Å². The maximum Gasteiger partial charge on any atom is 0.262 e. The highest BCUT2D eigenvalue weighted by Crippen LogP contribution is 2.26. The van der Waals surface area contributed by atoms with E-state index in [0.29, 0.717) is 17.0 Å². The number of rotatable bonds is 8. The van der Waals surface area contributed by atoms with Crippen LogP contribution in [0.2, 0.25) is 0 Å². The van der Waals surface area contributed by atoms with Crippen LogP contribution in [-0.4, -0.2) is 34.4 Å². The third-order valence-electron chi connectivity index (χ3n) is 4.63. The minimum absolute atomic E-state index is 0.0577. The van der Waals surface area contributed by atoms with Crippen LogP contribution >= 0.6 is 0 Å². The van der Waals surface area contributed by atoms with Crippen molar-refractivity contribution < 1.29 is 22.7 Å². The SMILES string of the molecule is CNC(=O)c1cccc(CNC(=O)c2cccc(S(=O)(=O)Nc3ccccc3OC)c2)c1. The van der Waals surface area contributed by atoms with E-state index in [1.807, 2.05) is 0 Å². The third-order valence-corrected chi connectivity index (χ3v) is 5.99. The number of anilines is 1. The molecule has 0 heterocycles. The molecule has 0 aliphatic rings. The Morgan fingerprint density at radius 1 is 0.875 bits per heavy atom. The van der Waals surface area contributed by atoms with E-state index < -0.39 is 15.9 Å². The van der Waals surface area contributed by atoms with Crippen molar-refractivity contribution in [1.82, 2.24) is 10.6 Å². The van der Waals surface area contributed by atoms with Gasteiger partial charge >= 0.3 is 0 Å². The molecule has 0 bridgehead atoms. The van der Waals surface area contributed by atoms with Crippen LogP contribution < -0.4 is 20.1 Å². The van der Waals surface area contributed by atoms with E-state index in [0.717, 1.165) is 5.56 Å². The van der Waals surface area contributed by atoms with Gasteiger partial charge in [0.2, 0.25) is 0 Å². The molecule has 0 aliphatic carbocycles. The predicted octanol–water partition coefficient (Wildman–Crippen LogP) is 2.79. The average Bonchev–Trinajstić information content (AvgIpc) is 2.82. The number of para-hydroxylation sites is 2. The Hall–Kier alpha value is -3.85. The molecule has 32 heavy (non-hydrogen) atoms. The summed E-state index contributed by atoms with van der Waals surface area (Å²) in [7, 11) is -0.952. The molecule has 0 spiro atoms.